The molecule has 33 heavy (non-hydrogen) atoms. The fraction of sp³-hybridized carbons (Fsp3) is 0.0417. The fourth-order valence-corrected chi connectivity index (χ4v) is 3.03. The molecule has 0 aliphatic carbocycles. The van der Waals surface area contributed by atoms with Crippen LogP contribution in [0.2, 0.25) is 0 Å². The van der Waals surface area contributed by atoms with Crippen molar-refractivity contribution in [2.45, 2.75) is 6.54 Å². The van der Waals surface area contributed by atoms with Gasteiger partial charge in [-0.05, 0) is 53.7 Å². The number of carbonyl (C=O) groups excluding carboxylic acids is 2. The van der Waals surface area contributed by atoms with Crippen LogP contribution < -0.4 is 16.0 Å². The van der Waals surface area contributed by atoms with Crippen molar-refractivity contribution in [3.63, 3.8) is 0 Å². The van der Waals surface area contributed by atoms with Crippen LogP contribution in [0.4, 0.5) is 11.4 Å². The summed E-state index contributed by atoms with van der Waals surface area (Å²) >= 11 is 5.13. The number of hydrogen-bond donors (Lipinski definition) is 3. The van der Waals surface area contributed by atoms with Crippen molar-refractivity contribution < 1.29 is 14.5 Å². The average Bonchev–Trinajstić information content (AvgIpc) is 2.82. The number of non-ortho nitro benzene ring substituents is 1. The zero-order valence-corrected chi connectivity index (χ0v) is 18.2. The zero-order chi connectivity index (χ0) is 23.6. The number of amides is 2. The molecule has 0 saturated heterocycles. The Hall–Kier alpha value is -4.37. The number of nitro groups is 1. The predicted molar refractivity (Wildman–Crippen MR) is 131 cm³/mol. The van der Waals surface area contributed by atoms with Crippen molar-refractivity contribution >= 4 is 46.6 Å². The quantitative estimate of drug-likeness (QED) is 0.212. The maximum Gasteiger partial charge on any atom is 0.270 e. The van der Waals surface area contributed by atoms with Gasteiger partial charge in [0.2, 0.25) is 5.91 Å². The summed E-state index contributed by atoms with van der Waals surface area (Å²) in [5.41, 5.74) is 2.55. The van der Waals surface area contributed by atoms with Crippen molar-refractivity contribution in [3.8, 4) is 0 Å². The standard InChI is InChI=1S/C24H20N4O4S/c29-22(14-9-17-7-4-8-21(15-17)28(31)32)27-24(33)26-20-12-10-19(11-13-20)23(30)25-16-18-5-2-1-3-6-18/h1-15H,16H2,(H,25,30)(H2,26,27,29,33)/b14-9+. The van der Waals surface area contributed by atoms with Crippen LogP contribution in [0.25, 0.3) is 6.08 Å². The second-order valence-corrected chi connectivity index (χ2v) is 7.28. The highest BCUT2D eigenvalue weighted by atomic mass is 32.1. The first-order chi connectivity index (χ1) is 15.9. The Morgan fingerprint density at radius 2 is 1.70 bits per heavy atom. The smallest absolute Gasteiger partial charge is 0.270 e. The minimum Gasteiger partial charge on any atom is -0.348 e. The predicted octanol–water partition coefficient (Wildman–Crippen LogP) is 4.05. The Morgan fingerprint density at radius 1 is 0.970 bits per heavy atom. The first-order valence-corrected chi connectivity index (χ1v) is 10.3. The van der Waals surface area contributed by atoms with E-state index in [0.717, 1.165) is 5.56 Å². The summed E-state index contributed by atoms with van der Waals surface area (Å²) in [4.78, 5) is 34.7. The van der Waals surface area contributed by atoms with Gasteiger partial charge in [-0.1, -0.05) is 42.5 Å². The summed E-state index contributed by atoms with van der Waals surface area (Å²) in [5.74, 6) is -0.691. The van der Waals surface area contributed by atoms with Crippen LogP contribution in [0.1, 0.15) is 21.5 Å². The van der Waals surface area contributed by atoms with E-state index in [9.17, 15) is 19.7 Å². The van der Waals surface area contributed by atoms with E-state index in [4.69, 9.17) is 12.2 Å². The molecule has 0 spiro atoms. The molecule has 9 heteroatoms. The molecule has 0 unspecified atom stereocenters. The van der Waals surface area contributed by atoms with Crippen LogP contribution in [0, 0.1) is 10.1 Å². The van der Waals surface area contributed by atoms with Crippen LogP contribution in [-0.2, 0) is 11.3 Å². The van der Waals surface area contributed by atoms with E-state index < -0.39 is 10.8 Å². The summed E-state index contributed by atoms with van der Waals surface area (Å²) in [6.45, 7) is 0.430. The average molecular weight is 461 g/mol. The molecule has 166 valence electrons. The molecular weight excluding hydrogens is 440 g/mol. The molecule has 0 aliphatic rings. The highest BCUT2D eigenvalue weighted by Gasteiger charge is 2.07. The minimum atomic E-state index is -0.505. The summed E-state index contributed by atoms with van der Waals surface area (Å²) in [5, 5.41) is 19.1. The molecule has 0 radical (unpaired) electrons. The highest BCUT2D eigenvalue weighted by Crippen LogP contribution is 2.14. The van der Waals surface area contributed by atoms with Crippen molar-refractivity contribution in [1.82, 2.24) is 10.6 Å². The Balaban J connectivity index is 1.48. The number of thiocarbonyl (C=S) groups is 1. The fourth-order valence-electron chi connectivity index (χ4n) is 2.82. The number of benzene rings is 3. The lowest BCUT2D eigenvalue weighted by Gasteiger charge is -2.09. The van der Waals surface area contributed by atoms with Crippen LogP contribution in [0.15, 0.2) is 84.9 Å². The van der Waals surface area contributed by atoms with Gasteiger partial charge in [0.15, 0.2) is 5.11 Å². The molecule has 2 amide bonds. The van der Waals surface area contributed by atoms with E-state index in [-0.39, 0.29) is 16.7 Å². The topological polar surface area (TPSA) is 113 Å². The van der Waals surface area contributed by atoms with Crippen molar-refractivity contribution in [1.29, 1.82) is 0 Å². The zero-order valence-electron chi connectivity index (χ0n) is 17.4. The second kappa shape index (κ2) is 11.3. The molecule has 8 nitrogen and oxygen atoms in total. The lowest BCUT2D eigenvalue weighted by atomic mass is 10.2. The minimum absolute atomic E-state index is 0.0630. The summed E-state index contributed by atoms with van der Waals surface area (Å²) in [6, 6.07) is 22.2. The number of rotatable bonds is 7. The molecule has 0 atom stereocenters. The summed E-state index contributed by atoms with van der Waals surface area (Å²) in [7, 11) is 0. The van der Waals surface area contributed by atoms with Gasteiger partial charge in [-0.2, -0.15) is 0 Å². The van der Waals surface area contributed by atoms with Gasteiger partial charge >= 0.3 is 0 Å². The molecule has 0 aromatic heterocycles. The van der Waals surface area contributed by atoms with Gasteiger partial charge in [-0.3, -0.25) is 25.0 Å². The van der Waals surface area contributed by atoms with Crippen LogP contribution >= 0.6 is 12.2 Å². The van der Waals surface area contributed by atoms with E-state index >= 15 is 0 Å². The van der Waals surface area contributed by atoms with Crippen LogP contribution in [-0.4, -0.2) is 21.9 Å². The molecule has 3 N–H and O–H groups in total. The third-order valence-corrected chi connectivity index (χ3v) is 4.65. The van der Waals surface area contributed by atoms with Crippen molar-refractivity contribution in [2.24, 2.45) is 0 Å². The van der Waals surface area contributed by atoms with Gasteiger partial charge in [0.25, 0.3) is 11.6 Å². The normalized spacial score (nSPS) is 10.4. The van der Waals surface area contributed by atoms with Crippen LogP contribution in [0.5, 0.6) is 0 Å². The van der Waals surface area contributed by atoms with Gasteiger partial charge in [-0.15, -0.1) is 0 Å². The number of nitro benzene ring substituents is 1. The highest BCUT2D eigenvalue weighted by molar-refractivity contribution is 7.80. The van der Waals surface area contributed by atoms with Crippen LogP contribution in [0.3, 0.4) is 0 Å². The molecule has 3 aromatic rings. The van der Waals surface area contributed by atoms with Gasteiger partial charge in [0, 0.05) is 36.0 Å². The number of nitrogens with one attached hydrogen (secondary N) is 3. The third kappa shape index (κ3) is 7.37. The molecule has 0 aliphatic heterocycles. The van der Waals surface area contributed by atoms with Crippen molar-refractivity contribution in [3.05, 3.63) is 112 Å². The van der Waals surface area contributed by atoms with Crippen molar-refractivity contribution in [2.75, 3.05) is 5.32 Å². The van der Waals surface area contributed by atoms with Gasteiger partial charge in [-0.25, -0.2) is 0 Å². The SMILES string of the molecule is O=C(/C=C/c1cccc([N+](=O)[O-])c1)NC(=S)Nc1ccc(C(=O)NCc2ccccc2)cc1. The van der Waals surface area contributed by atoms with E-state index in [0.29, 0.717) is 23.4 Å². The Kier molecular flexibility index (Phi) is 7.98. The lowest BCUT2D eigenvalue weighted by Crippen LogP contribution is -2.32. The van der Waals surface area contributed by atoms with Gasteiger partial charge < -0.3 is 10.6 Å². The molecule has 0 fully saturated rings. The monoisotopic (exact) mass is 460 g/mol. The first kappa shape index (κ1) is 23.3. The summed E-state index contributed by atoms with van der Waals surface area (Å²) < 4.78 is 0. The summed E-state index contributed by atoms with van der Waals surface area (Å²) in [6.07, 6.45) is 2.68. The number of nitrogens with zero attached hydrogens (tertiary/aromatic N) is 1. The lowest BCUT2D eigenvalue weighted by molar-refractivity contribution is -0.384. The molecule has 0 saturated carbocycles. The third-order valence-electron chi connectivity index (χ3n) is 4.45. The van der Waals surface area contributed by atoms with E-state index in [1.165, 1.54) is 30.4 Å². The number of carbonyl (C=O) groups is 2. The Bertz CT molecular complexity index is 1190. The maximum absolute atomic E-state index is 12.3. The number of hydrogen-bond acceptors (Lipinski definition) is 5. The molecule has 3 rings (SSSR count). The first-order valence-electron chi connectivity index (χ1n) is 9.87. The molecule has 0 heterocycles. The van der Waals surface area contributed by atoms with Gasteiger partial charge in [0.05, 0.1) is 4.92 Å². The molecule has 3 aromatic carbocycles. The molecule has 0 bridgehead atoms. The second-order valence-electron chi connectivity index (χ2n) is 6.87. The largest absolute Gasteiger partial charge is 0.348 e. The Morgan fingerprint density at radius 3 is 2.39 bits per heavy atom. The Labute approximate surface area is 195 Å². The van der Waals surface area contributed by atoms with E-state index in [1.54, 1.807) is 30.3 Å². The van der Waals surface area contributed by atoms with Gasteiger partial charge in [0.1, 0.15) is 0 Å². The van der Waals surface area contributed by atoms with E-state index in [2.05, 4.69) is 16.0 Å². The maximum atomic E-state index is 12.3. The molecular formula is C24H20N4O4S. The van der Waals surface area contributed by atoms with E-state index in [1.807, 2.05) is 30.3 Å². The number of anilines is 1.